The van der Waals surface area contributed by atoms with Crippen molar-refractivity contribution in [3.05, 3.63) is 29.6 Å². The van der Waals surface area contributed by atoms with Crippen LogP contribution in [0.1, 0.15) is 10.4 Å². The minimum Gasteiger partial charge on any atom is -0.478 e. The second-order valence-corrected chi connectivity index (χ2v) is 5.95. The van der Waals surface area contributed by atoms with Gasteiger partial charge in [0.1, 0.15) is 5.82 Å². The standard InChI is InChI=1S/C11H14FN3O5S/c1-13-21(19,20)5-4-14-11(18)15-7-2-3-8(10(16)17)9(12)6-7/h2-3,6,13H,4-5H2,1H3,(H,16,17)(H2,14,15,18). The van der Waals surface area contributed by atoms with Crippen molar-refractivity contribution in [1.29, 1.82) is 0 Å². The van der Waals surface area contributed by atoms with Crippen LogP contribution in [0, 0.1) is 5.82 Å². The number of hydrogen-bond donors (Lipinski definition) is 4. The highest BCUT2D eigenvalue weighted by atomic mass is 32.2. The summed E-state index contributed by atoms with van der Waals surface area (Å²) in [6.45, 7) is -0.134. The third kappa shape index (κ3) is 5.36. The Balaban J connectivity index is 2.56. The first-order valence-corrected chi connectivity index (χ1v) is 7.39. The molecule has 0 aliphatic carbocycles. The van der Waals surface area contributed by atoms with E-state index in [0.717, 1.165) is 12.1 Å². The molecule has 0 aliphatic heterocycles. The van der Waals surface area contributed by atoms with Crippen molar-refractivity contribution >= 4 is 27.7 Å². The number of rotatable bonds is 6. The molecule has 0 bridgehead atoms. The van der Waals surface area contributed by atoms with Gasteiger partial charge < -0.3 is 15.7 Å². The molecule has 10 heteroatoms. The first kappa shape index (κ1) is 16.9. The fraction of sp³-hybridized carbons (Fsp3) is 0.273. The van der Waals surface area contributed by atoms with E-state index in [1.165, 1.54) is 13.1 Å². The van der Waals surface area contributed by atoms with Gasteiger partial charge in [-0.25, -0.2) is 27.1 Å². The fourth-order valence-electron chi connectivity index (χ4n) is 1.34. The Bertz CT molecular complexity index is 647. The second-order valence-electron chi connectivity index (χ2n) is 3.90. The lowest BCUT2D eigenvalue weighted by atomic mass is 10.2. The smallest absolute Gasteiger partial charge is 0.338 e. The van der Waals surface area contributed by atoms with Crippen LogP contribution in [0.5, 0.6) is 0 Å². The van der Waals surface area contributed by atoms with E-state index < -0.39 is 33.4 Å². The Morgan fingerprint density at radius 1 is 1.33 bits per heavy atom. The Labute approximate surface area is 120 Å². The zero-order valence-corrected chi connectivity index (χ0v) is 11.8. The first-order valence-electron chi connectivity index (χ1n) is 5.74. The number of sulfonamides is 1. The molecule has 0 fully saturated rings. The highest BCUT2D eigenvalue weighted by Crippen LogP contribution is 2.14. The van der Waals surface area contributed by atoms with Crippen molar-refractivity contribution in [3.8, 4) is 0 Å². The van der Waals surface area contributed by atoms with Gasteiger partial charge in [-0.3, -0.25) is 0 Å². The van der Waals surface area contributed by atoms with Gasteiger partial charge in [-0.05, 0) is 25.2 Å². The molecule has 0 heterocycles. The number of hydrogen-bond acceptors (Lipinski definition) is 4. The summed E-state index contributed by atoms with van der Waals surface area (Å²) < 4.78 is 37.6. The van der Waals surface area contributed by atoms with Crippen molar-refractivity contribution in [2.75, 3.05) is 24.7 Å². The number of halogens is 1. The molecule has 1 aromatic rings. The molecular weight excluding hydrogens is 305 g/mol. The lowest BCUT2D eigenvalue weighted by molar-refractivity contribution is 0.0692. The van der Waals surface area contributed by atoms with E-state index in [1.54, 1.807) is 0 Å². The van der Waals surface area contributed by atoms with Crippen LogP contribution in [0.25, 0.3) is 0 Å². The number of amides is 2. The predicted molar refractivity (Wildman–Crippen MR) is 73.2 cm³/mol. The number of aromatic carboxylic acids is 1. The summed E-state index contributed by atoms with van der Waals surface area (Å²) in [5, 5.41) is 13.2. The topological polar surface area (TPSA) is 125 Å². The number of carbonyl (C=O) groups is 2. The van der Waals surface area contributed by atoms with Crippen LogP contribution in [-0.2, 0) is 10.0 Å². The summed E-state index contributed by atoms with van der Waals surface area (Å²) in [5.74, 6) is -2.71. The molecular formula is C11H14FN3O5S. The second kappa shape index (κ2) is 6.99. The molecule has 0 atom stereocenters. The van der Waals surface area contributed by atoms with Gasteiger partial charge in [0, 0.05) is 12.2 Å². The number of carboxylic acid groups (broad SMARTS) is 1. The highest BCUT2D eigenvalue weighted by Gasteiger charge is 2.12. The molecule has 1 aromatic carbocycles. The zero-order chi connectivity index (χ0) is 16.0. The van der Waals surface area contributed by atoms with Gasteiger partial charge in [-0.1, -0.05) is 0 Å². The lowest BCUT2D eigenvalue weighted by Crippen LogP contribution is -2.35. The molecule has 0 spiro atoms. The van der Waals surface area contributed by atoms with E-state index in [2.05, 4.69) is 15.4 Å². The lowest BCUT2D eigenvalue weighted by Gasteiger charge is -2.08. The number of carboxylic acids is 1. The molecule has 4 N–H and O–H groups in total. The van der Waals surface area contributed by atoms with Crippen molar-refractivity contribution in [2.24, 2.45) is 0 Å². The quantitative estimate of drug-likeness (QED) is 0.596. The molecule has 0 aliphatic rings. The van der Waals surface area contributed by atoms with Crippen molar-refractivity contribution in [3.63, 3.8) is 0 Å². The molecule has 0 saturated heterocycles. The normalized spacial score (nSPS) is 11.0. The molecule has 21 heavy (non-hydrogen) atoms. The van der Waals surface area contributed by atoms with Gasteiger partial charge >= 0.3 is 12.0 Å². The van der Waals surface area contributed by atoms with Crippen LogP contribution in [0.15, 0.2) is 18.2 Å². The average molecular weight is 319 g/mol. The maximum atomic E-state index is 13.4. The monoisotopic (exact) mass is 319 g/mol. The van der Waals surface area contributed by atoms with Crippen LogP contribution in [0.2, 0.25) is 0 Å². The highest BCUT2D eigenvalue weighted by molar-refractivity contribution is 7.89. The maximum absolute atomic E-state index is 13.4. The van der Waals surface area contributed by atoms with Gasteiger partial charge in [-0.2, -0.15) is 0 Å². The molecule has 2 amide bonds. The number of carbonyl (C=O) groups excluding carboxylic acids is 1. The largest absolute Gasteiger partial charge is 0.478 e. The summed E-state index contributed by atoms with van der Waals surface area (Å²) in [6.07, 6.45) is 0. The molecule has 116 valence electrons. The van der Waals surface area contributed by atoms with Gasteiger partial charge in [0.15, 0.2) is 0 Å². The summed E-state index contributed by atoms with van der Waals surface area (Å²) in [7, 11) is -2.18. The van der Waals surface area contributed by atoms with E-state index in [4.69, 9.17) is 5.11 Å². The first-order chi connectivity index (χ1) is 9.75. The van der Waals surface area contributed by atoms with E-state index >= 15 is 0 Å². The Hall–Kier alpha value is -2.20. The van der Waals surface area contributed by atoms with Crippen LogP contribution in [0.3, 0.4) is 0 Å². The summed E-state index contributed by atoms with van der Waals surface area (Å²) in [6, 6.07) is 2.35. The zero-order valence-electron chi connectivity index (χ0n) is 11.0. The van der Waals surface area contributed by atoms with Crippen molar-refractivity contribution in [2.45, 2.75) is 0 Å². The third-order valence-corrected chi connectivity index (χ3v) is 3.79. The van der Waals surface area contributed by atoms with Gasteiger partial charge in [0.25, 0.3) is 0 Å². The van der Waals surface area contributed by atoms with E-state index in [-0.39, 0.29) is 18.0 Å². The number of benzene rings is 1. The van der Waals surface area contributed by atoms with Crippen molar-refractivity contribution < 1.29 is 27.5 Å². The molecule has 0 aromatic heterocycles. The Morgan fingerprint density at radius 3 is 2.52 bits per heavy atom. The third-order valence-electron chi connectivity index (χ3n) is 2.42. The number of nitrogens with one attached hydrogen (secondary N) is 3. The number of anilines is 1. The minimum atomic E-state index is -3.43. The van der Waals surface area contributed by atoms with Gasteiger partial charge in [0.2, 0.25) is 10.0 Å². The van der Waals surface area contributed by atoms with Crippen LogP contribution in [0.4, 0.5) is 14.9 Å². The van der Waals surface area contributed by atoms with Gasteiger partial charge in [-0.15, -0.1) is 0 Å². The predicted octanol–water partition coefficient (Wildman–Crippen LogP) is 0.195. The summed E-state index contributed by atoms with van der Waals surface area (Å²) >= 11 is 0. The molecule has 0 saturated carbocycles. The van der Waals surface area contributed by atoms with E-state index in [0.29, 0.717) is 0 Å². The molecule has 0 unspecified atom stereocenters. The Kier molecular flexibility index (Phi) is 5.61. The van der Waals surface area contributed by atoms with E-state index in [1.807, 2.05) is 0 Å². The Morgan fingerprint density at radius 2 is 2.00 bits per heavy atom. The maximum Gasteiger partial charge on any atom is 0.338 e. The SMILES string of the molecule is CNS(=O)(=O)CCNC(=O)Nc1ccc(C(=O)O)c(F)c1. The van der Waals surface area contributed by atoms with Crippen LogP contribution < -0.4 is 15.4 Å². The van der Waals surface area contributed by atoms with Gasteiger partial charge in [0.05, 0.1) is 11.3 Å². The summed E-state index contributed by atoms with van der Waals surface area (Å²) in [4.78, 5) is 22.1. The summed E-state index contributed by atoms with van der Waals surface area (Å²) in [5.41, 5.74) is -0.465. The van der Waals surface area contributed by atoms with E-state index in [9.17, 15) is 22.4 Å². The minimum absolute atomic E-state index is 0.0477. The van der Waals surface area contributed by atoms with Crippen molar-refractivity contribution in [1.82, 2.24) is 10.0 Å². The molecule has 0 radical (unpaired) electrons. The average Bonchev–Trinajstić information content (AvgIpc) is 2.38. The van der Waals surface area contributed by atoms with Crippen LogP contribution in [-0.4, -0.2) is 44.9 Å². The molecule has 1 rings (SSSR count). The van der Waals surface area contributed by atoms with Crippen LogP contribution >= 0.6 is 0 Å². The fourth-order valence-corrected chi connectivity index (χ4v) is 1.92. The molecule has 8 nitrogen and oxygen atoms in total. The number of urea groups is 1.